The Balaban J connectivity index is 1.87. The molecule has 3 aromatic rings. The van der Waals surface area contributed by atoms with Crippen LogP contribution in [-0.4, -0.2) is 14.3 Å². The molecule has 1 amide bonds. The van der Waals surface area contributed by atoms with Crippen LogP contribution < -0.4 is 10.0 Å². The second-order valence-electron chi connectivity index (χ2n) is 5.58. The molecule has 0 aliphatic rings. The molecule has 0 fully saturated rings. The highest BCUT2D eigenvalue weighted by Crippen LogP contribution is 2.25. The van der Waals surface area contributed by atoms with Crippen molar-refractivity contribution in [2.45, 2.75) is 4.90 Å². The van der Waals surface area contributed by atoms with E-state index < -0.39 is 15.9 Å². The summed E-state index contributed by atoms with van der Waals surface area (Å²) in [6.07, 6.45) is 0. The number of sulfonamides is 1. The quantitative estimate of drug-likeness (QED) is 0.606. The minimum absolute atomic E-state index is 0.0153. The number of carbonyl (C=O) groups excluding carboxylic acids is 1. The van der Waals surface area contributed by atoms with Crippen molar-refractivity contribution in [2.24, 2.45) is 0 Å². The maximum Gasteiger partial charge on any atom is 0.263 e. The molecule has 2 N–H and O–H groups in total. The number of para-hydroxylation sites is 1. The van der Waals surface area contributed by atoms with Gasteiger partial charge in [0.2, 0.25) is 0 Å². The number of benzene rings is 3. The van der Waals surface area contributed by atoms with Gasteiger partial charge in [-0.3, -0.25) is 9.52 Å². The molecule has 8 heteroatoms. The molecule has 0 unspecified atom stereocenters. The molecule has 3 rings (SSSR count). The molecule has 0 atom stereocenters. The Morgan fingerprint density at radius 2 is 1.48 bits per heavy atom. The Kier molecular flexibility index (Phi) is 5.70. The van der Waals surface area contributed by atoms with E-state index in [0.717, 1.165) is 0 Å². The van der Waals surface area contributed by atoms with Gasteiger partial charge in [-0.2, -0.15) is 0 Å². The predicted molar refractivity (Wildman–Crippen MR) is 108 cm³/mol. The van der Waals surface area contributed by atoms with Gasteiger partial charge in [0.05, 0.1) is 5.02 Å². The predicted octanol–water partition coefficient (Wildman–Crippen LogP) is 5.05. The van der Waals surface area contributed by atoms with Gasteiger partial charge < -0.3 is 5.32 Å². The lowest BCUT2D eigenvalue weighted by Crippen LogP contribution is -2.16. The second-order valence-corrected chi connectivity index (χ2v) is 8.07. The van der Waals surface area contributed by atoms with E-state index in [-0.39, 0.29) is 15.5 Å². The first kappa shape index (κ1) is 19.2. The topological polar surface area (TPSA) is 75.3 Å². The van der Waals surface area contributed by atoms with Crippen molar-refractivity contribution in [1.29, 1.82) is 0 Å². The molecule has 138 valence electrons. The molecule has 0 bridgehead atoms. The summed E-state index contributed by atoms with van der Waals surface area (Å²) in [5.74, 6) is -0.467. The number of halogens is 2. The summed E-state index contributed by atoms with van der Waals surface area (Å²) in [6.45, 7) is 0. The van der Waals surface area contributed by atoms with Crippen LogP contribution >= 0.6 is 23.2 Å². The lowest BCUT2D eigenvalue weighted by atomic mass is 10.2. The van der Waals surface area contributed by atoms with E-state index in [2.05, 4.69) is 10.0 Å². The van der Waals surface area contributed by atoms with Gasteiger partial charge in [-0.05, 0) is 54.6 Å². The van der Waals surface area contributed by atoms with Crippen molar-refractivity contribution >= 4 is 50.5 Å². The Morgan fingerprint density at radius 3 is 2.15 bits per heavy atom. The summed E-state index contributed by atoms with van der Waals surface area (Å²) >= 11 is 11.9. The first-order valence-corrected chi connectivity index (χ1v) is 10.0. The van der Waals surface area contributed by atoms with Gasteiger partial charge in [0.25, 0.3) is 15.9 Å². The lowest BCUT2D eigenvalue weighted by molar-refractivity contribution is 0.102. The van der Waals surface area contributed by atoms with Gasteiger partial charge in [-0.25, -0.2) is 8.42 Å². The van der Waals surface area contributed by atoms with E-state index in [9.17, 15) is 13.2 Å². The molecular weight excluding hydrogens is 407 g/mol. The lowest BCUT2D eigenvalue weighted by Gasteiger charge is -2.11. The summed E-state index contributed by atoms with van der Waals surface area (Å²) in [7, 11) is -3.96. The average molecular weight is 421 g/mol. The summed E-state index contributed by atoms with van der Waals surface area (Å²) in [5, 5.41) is 3.23. The number of carbonyl (C=O) groups is 1. The molecule has 0 aliphatic carbocycles. The normalized spacial score (nSPS) is 11.0. The fourth-order valence-electron chi connectivity index (χ4n) is 2.30. The highest BCUT2D eigenvalue weighted by Gasteiger charge is 2.20. The van der Waals surface area contributed by atoms with E-state index in [1.807, 2.05) is 0 Å². The van der Waals surface area contributed by atoms with Gasteiger partial charge in [-0.15, -0.1) is 0 Å². The minimum atomic E-state index is -3.96. The molecule has 5 nitrogen and oxygen atoms in total. The Labute approximate surface area is 167 Å². The van der Waals surface area contributed by atoms with Crippen LogP contribution in [0.5, 0.6) is 0 Å². The van der Waals surface area contributed by atoms with Crippen LogP contribution in [0.2, 0.25) is 10.0 Å². The molecule has 0 heterocycles. The second kappa shape index (κ2) is 8.00. The highest BCUT2D eigenvalue weighted by atomic mass is 35.5. The van der Waals surface area contributed by atoms with Crippen molar-refractivity contribution in [3.63, 3.8) is 0 Å². The number of rotatable bonds is 5. The summed E-state index contributed by atoms with van der Waals surface area (Å²) in [6, 6.07) is 19.0. The zero-order chi connectivity index (χ0) is 19.4. The third-order valence-electron chi connectivity index (χ3n) is 3.61. The Morgan fingerprint density at radius 1 is 0.815 bits per heavy atom. The van der Waals surface area contributed by atoms with Crippen molar-refractivity contribution in [1.82, 2.24) is 0 Å². The summed E-state index contributed by atoms with van der Waals surface area (Å²) < 4.78 is 27.7. The van der Waals surface area contributed by atoms with Crippen molar-refractivity contribution in [3.8, 4) is 0 Å². The monoisotopic (exact) mass is 420 g/mol. The number of hydrogen-bond donors (Lipinski definition) is 2. The Hall–Kier alpha value is -2.54. The molecule has 0 saturated heterocycles. The molecule has 0 radical (unpaired) electrons. The summed E-state index contributed by atoms with van der Waals surface area (Å²) in [4.78, 5) is 12.3. The first-order chi connectivity index (χ1) is 12.8. The largest absolute Gasteiger partial charge is 0.322 e. The van der Waals surface area contributed by atoms with Crippen LogP contribution in [0.4, 0.5) is 11.4 Å². The van der Waals surface area contributed by atoms with Gasteiger partial charge in [0, 0.05) is 22.0 Å². The number of anilines is 2. The van der Waals surface area contributed by atoms with Crippen molar-refractivity contribution in [2.75, 3.05) is 10.0 Å². The minimum Gasteiger partial charge on any atom is -0.322 e. The van der Waals surface area contributed by atoms with Crippen LogP contribution in [-0.2, 0) is 10.0 Å². The van der Waals surface area contributed by atoms with E-state index >= 15 is 0 Å². The van der Waals surface area contributed by atoms with Crippen LogP contribution in [0.3, 0.4) is 0 Å². The SMILES string of the molecule is O=C(Nc1ccc(Cl)cc1)c1ccc(Cl)c(S(=O)(=O)Nc2ccccc2)c1. The van der Waals surface area contributed by atoms with Crippen LogP contribution in [0.1, 0.15) is 10.4 Å². The molecule has 27 heavy (non-hydrogen) atoms. The summed E-state index contributed by atoms with van der Waals surface area (Å²) in [5.41, 5.74) is 1.08. The van der Waals surface area contributed by atoms with E-state index in [1.165, 1.54) is 18.2 Å². The van der Waals surface area contributed by atoms with Crippen LogP contribution in [0.25, 0.3) is 0 Å². The van der Waals surface area contributed by atoms with Crippen LogP contribution in [0, 0.1) is 0 Å². The molecular formula is C19H14Cl2N2O3S. The number of hydrogen-bond acceptors (Lipinski definition) is 3. The number of nitrogens with one attached hydrogen (secondary N) is 2. The van der Waals surface area contributed by atoms with E-state index in [4.69, 9.17) is 23.2 Å². The first-order valence-electron chi connectivity index (χ1n) is 7.79. The third kappa shape index (κ3) is 4.80. The highest BCUT2D eigenvalue weighted by molar-refractivity contribution is 7.92. The average Bonchev–Trinajstić information content (AvgIpc) is 2.64. The Bertz CT molecular complexity index is 1070. The van der Waals surface area contributed by atoms with Gasteiger partial charge >= 0.3 is 0 Å². The zero-order valence-corrected chi connectivity index (χ0v) is 16.1. The maximum absolute atomic E-state index is 12.7. The van der Waals surface area contributed by atoms with Gasteiger partial charge in [-0.1, -0.05) is 41.4 Å². The third-order valence-corrected chi connectivity index (χ3v) is 5.73. The molecule has 0 saturated carbocycles. The van der Waals surface area contributed by atoms with E-state index in [0.29, 0.717) is 16.4 Å². The fourth-order valence-corrected chi connectivity index (χ4v) is 4.01. The smallest absolute Gasteiger partial charge is 0.263 e. The standard InChI is InChI=1S/C19H14Cl2N2O3S/c20-14-7-9-15(10-8-14)22-19(24)13-6-11-17(21)18(12-13)27(25,26)23-16-4-2-1-3-5-16/h1-12,23H,(H,22,24). The van der Waals surface area contributed by atoms with Crippen LogP contribution in [0.15, 0.2) is 77.7 Å². The van der Waals surface area contributed by atoms with Crippen molar-refractivity contribution in [3.05, 3.63) is 88.4 Å². The molecule has 0 aliphatic heterocycles. The van der Waals surface area contributed by atoms with Crippen molar-refractivity contribution < 1.29 is 13.2 Å². The van der Waals surface area contributed by atoms with Gasteiger partial charge in [0.15, 0.2) is 0 Å². The molecule has 0 spiro atoms. The van der Waals surface area contributed by atoms with E-state index in [1.54, 1.807) is 54.6 Å². The molecule has 0 aromatic heterocycles. The maximum atomic E-state index is 12.7. The molecule has 3 aromatic carbocycles. The van der Waals surface area contributed by atoms with Gasteiger partial charge in [0.1, 0.15) is 4.90 Å². The zero-order valence-electron chi connectivity index (χ0n) is 13.8. The number of amides is 1. The fraction of sp³-hybridized carbons (Fsp3) is 0.